The van der Waals surface area contributed by atoms with E-state index in [4.69, 9.17) is 0 Å². The summed E-state index contributed by atoms with van der Waals surface area (Å²) in [6.45, 7) is 2.26. The Hall–Kier alpha value is -0.540. The van der Waals surface area contributed by atoms with Crippen molar-refractivity contribution in [2.24, 2.45) is 0 Å². The zero-order valence-electron chi connectivity index (χ0n) is 8.83. The van der Waals surface area contributed by atoms with E-state index >= 15 is 0 Å². The van der Waals surface area contributed by atoms with E-state index < -0.39 is 0 Å². The van der Waals surface area contributed by atoms with E-state index in [1.54, 1.807) is 0 Å². The fraction of sp³-hybridized carbons (Fsp3) is 0.500. The zero-order chi connectivity index (χ0) is 10.4. The lowest BCUT2D eigenvalue weighted by atomic mass is 9.89. The molecular formula is C12H15BrN2. The number of halogens is 1. The van der Waals surface area contributed by atoms with E-state index in [9.17, 15) is 0 Å². The second-order valence-corrected chi connectivity index (χ2v) is 5.30. The van der Waals surface area contributed by atoms with E-state index in [2.05, 4.69) is 51.4 Å². The average molecular weight is 267 g/mol. The predicted octanol–water partition coefficient (Wildman–Crippen LogP) is 2.34. The first-order valence-electron chi connectivity index (χ1n) is 5.51. The minimum atomic E-state index is 0.646. The van der Waals surface area contributed by atoms with Gasteiger partial charge in [-0.15, -0.1) is 0 Å². The summed E-state index contributed by atoms with van der Waals surface area (Å²) in [5.74, 6) is 0.710. The molecule has 1 aromatic rings. The van der Waals surface area contributed by atoms with Crippen molar-refractivity contribution in [1.82, 2.24) is 5.32 Å². The quantitative estimate of drug-likeness (QED) is 0.776. The maximum atomic E-state index is 3.69. The van der Waals surface area contributed by atoms with Crippen LogP contribution < -0.4 is 10.2 Å². The number of anilines is 1. The van der Waals surface area contributed by atoms with Gasteiger partial charge in [0.15, 0.2) is 0 Å². The molecule has 15 heavy (non-hydrogen) atoms. The van der Waals surface area contributed by atoms with Crippen molar-refractivity contribution in [3.63, 3.8) is 0 Å². The van der Waals surface area contributed by atoms with Crippen LogP contribution in [0.15, 0.2) is 22.7 Å². The van der Waals surface area contributed by atoms with Gasteiger partial charge in [0.2, 0.25) is 0 Å². The molecule has 2 aliphatic rings. The second-order valence-electron chi connectivity index (χ2n) is 4.45. The van der Waals surface area contributed by atoms with Gasteiger partial charge in [0, 0.05) is 35.7 Å². The van der Waals surface area contributed by atoms with E-state index in [1.165, 1.54) is 22.1 Å². The SMILES string of the molecule is CN1c2cccc(Br)c2C2CCNCC21. The van der Waals surface area contributed by atoms with Crippen LogP contribution in [0.4, 0.5) is 5.69 Å². The van der Waals surface area contributed by atoms with Gasteiger partial charge in [0.25, 0.3) is 0 Å². The second kappa shape index (κ2) is 3.49. The number of hydrogen-bond donors (Lipinski definition) is 1. The molecule has 0 radical (unpaired) electrons. The lowest BCUT2D eigenvalue weighted by molar-refractivity contribution is 0.413. The van der Waals surface area contributed by atoms with Gasteiger partial charge in [0.1, 0.15) is 0 Å². The third kappa shape index (κ3) is 1.33. The smallest absolute Gasteiger partial charge is 0.0481 e. The molecular weight excluding hydrogens is 252 g/mol. The Kier molecular flexibility index (Phi) is 2.25. The lowest BCUT2D eigenvalue weighted by Gasteiger charge is -2.31. The molecule has 2 aliphatic heterocycles. The van der Waals surface area contributed by atoms with Gasteiger partial charge in [-0.3, -0.25) is 0 Å². The summed E-state index contributed by atoms with van der Waals surface area (Å²) >= 11 is 3.69. The maximum Gasteiger partial charge on any atom is 0.0481 e. The third-order valence-electron chi connectivity index (χ3n) is 3.73. The maximum absolute atomic E-state index is 3.69. The van der Waals surface area contributed by atoms with Crippen molar-refractivity contribution in [1.29, 1.82) is 0 Å². The highest BCUT2D eigenvalue weighted by molar-refractivity contribution is 9.10. The van der Waals surface area contributed by atoms with E-state index in [0.29, 0.717) is 12.0 Å². The number of nitrogens with one attached hydrogen (secondary N) is 1. The first-order chi connectivity index (χ1) is 7.29. The summed E-state index contributed by atoms with van der Waals surface area (Å²) in [6.07, 6.45) is 1.25. The first kappa shape index (κ1) is 9.67. The molecule has 2 nitrogen and oxygen atoms in total. The summed E-state index contributed by atoms with van der Waals surface area (Å²) in [5, 5.41) is 3.48. The van der Waals surface area contributed by atoms with Crippen molar-refractivity contribution < 1.29 is 0 Å². The molecule has 1 N–H and O–H groups in total. The largest absolute Gasteiger partial charge is 0.369 e. The van der Waals surface area contributed by atoms with Crippen molar-refractivity contribution in [2.45, 2.75) is 18.4 Å². The van der Waals surface area contributed by atoms with Gasteiger partial charge in [-0.1, -0.05) is 22.0 Å². The third-order valence-corrected chi connectivity index (χ3v) is 4.42. The van der Waals surface area contributed by atoms with Gasteiger partial charge in [0.05, 0.1) is 0 Å². The molecule has 2 heterocycles. The Morgan fingerprint density at radius 2 is 2.33 bits per heavy atom. The molecule has 3 rings (SSSR count). The summed E-state index contributed by atoms with van der Waals surface area (Å²) in [6, 6.07) is 7.17. The molecule has 3 heteroatoms. The van der Waals surface area contributed by atoms with E-state index in [0.717, 1.165) is 13.1 Å². The van der Waals surface area contributed by atoms with Gasteiger partial charge >= 0.3 is 0 Å². The van der Waals surface area contributed by atoms with Gasteiger partial charge in [-0.05, 0) is 30.7 Å². The first-order valence-corrected chi connectivity index (χ1v) is 6.30. The standard InChI is InChI=1S/C12H15BrN2/c1-15-10-4-2-3-9(13)12(10)8-5-6-14-7-11(8)15/h2-4,8,11,14H,5-7H2,1H3. The number of nitrogens with zero attached hydrogens (tertiary/aromatic N) is 1. The molecule has 0 aliphatic carbocycles. The highest BCUT2D eigenvalue weighted by atomic mass is 79.9. The van der Waals surface area contributed by atoms with Crippen LogP contribution in [0.25, 0.3) is 0 Å². The molecule has 1 fully saturated rings. The van der Waals surface area contributed by atoms with Crippen LogP contribution in [0.2, 0.25) is 0 Å². The summed E-state index contributed by atoms with van der Waals surface area (Å²) in [5.41, 5.74) is 2.93. The van der Waals surface area contributed by atoms with Crippen molar-refractivity contribution >= 4 is 21.6 Å². The number of rotatable bonds is 0. The lowest BCUT2D eigenvalue weighted by Crippen LogP contribution is -2.44. The molecule has 1 aromatic carbocycles. The van der Waals surface area contributed by atoms with Crippen LogP contribution in [-0.4, -0.2) is 26.2 Å². The number of benzene rings is 1. The summed E-state index contributed by atoms with van der Waals surface area (Å²) < 4.78 is 1.28. The van der Waals surface area contributed by atoms with Crippen LogP contribution >= 0.6 is 15.9 Å². The van der Waals surface area contributed by atoms with Crippen molar-refractivity contribution in [3.05, 3.63) is 28.2 Å². The Morgan fingerprint density at radius 3 is 3.20 bits per heavy atom. The monoisotopic (exact) mass is 266 g/mol. The van der Waals surface area contributed by atoms with Gasteiger partial charge in [-0.25, -0.2) is 0 Å². The number of piperidine rings is 1. The van der Waals surface area contributed by atoms with Crippen molar-refractivity contribution in [2.75, 3.05) is 25.0 Å². The molecule has 80 valence electrons. The Labute approximate surface area is 98.8 Å². The highest BCUT2D eigenvalue weighted by Crippen LogP contribution is 2.46. The molecule has 0 bridgehead atoms. The van der Waals surface area contributed by atoms with Crippen LogP contribution in [0.3, 0.4) is 0 Å². The molecule has 0 spiro atoms. The number of likely N-dealkylation sites (N-methyl/N-ethyl adjacent to an activating group) is 1. The van der Waals surface area contributed by atoms with Gasteiger partial charge < -0.3 is 10.2 Å². The van der Waals surface area contributed by atoms with Crippen LogP contribution in [0.5, 0.6) is 0 Å². The Bertz CT molecular complexity index is 391. The Balaban J connectivity index is 2.12. The van der Waals surface area contributed by atoms with E-state index in [-0.39, 0.29) is 0 Å². The molecule has 2 unspecified atom stereocenters. The topological polar surface area (TPSA) is 15.3 Å². The van der Waals surface area contributed by atoms with Gasteiger partial charge in [-0.2, -0.15) is 0 Å². The minimum Gasteiger partial charge on any atom is -0.369 e. The summed E-state index contributed by atoms with van der Waals surface area (Å²) in [4.78, 5) is 2.43. The molecule has 0 aromatic heterocycles. The number of fused-ring (bicyclic) bond motifs is 3. The highest BCUT2D eigenvalue weighted by Gasteiger charge is 2.38. The normalized spacial score (nSPS) is 28.8. The van der Waals surface area contributed by atoms with Crippen LogP contribution in [0.1, 0.15) is 17.9 Å². The molecule has 1 saturated heterocycles. The Morgan fingerprint density at radius 1 is 1.47 bits per heavy atom. The van der Waals surface area contributed by atoms with Crippen molar-refractivity contribution in [3.8, 4) is 0 Å². The molecule has 0 saturated carbocycles. The van der Waals surface area contributed by atoms with Crippen LogP contribution in [0, 0.1) is 0 Å². The fourth-order valence-corrected chi connectivity index (χ4v) is 3.61. The van der Waals surface area contributed by atoms with Crippen LogP contribution in [-0.2, 0) is 0 Å². The minimum absolute atomic E-state index is 0.646. The van der Waals surface area contributed by atoms with E-state index in [1.807, 2.05) is 0 Å². The zero-order valence-corrected chi connectivity index (χ0v) is 10.4. The average Bonchev–Trinajstić information content (AvgIpc) is 2.55. The molecule has 0 amide bonds. The fourth-order valence-electron chi connectivity index (χ4n) is 2.96. The summed E-state index contributed by atoms with van der Waals surface area (Å²) in [7, 11) is 2.21. The predicted molar refractivity (Wildman–Crippen MR) is 66.6 cm³/mol. The molecule has 2 atom stereocenters. The number of hydrogen-bond acceptors (Lipinski definition) is 2.